The molecule has 1 aromatic carbocycles. The number of hydrogen-bond donors (Lipinski definition) is 1. The summed E-state index contributed by atoms with van der Waals surface area (Å²) in [5.41, 5.74) is 0.988. The second-order valence-electron chi connectivity index (χ2n) is 4.39. The van der Waals surface area contributed by atoms with Crippen LogP contribution < -0.4 is 4.90 Å². The number of halogens is 1. The van der Waals surface area contributed by atoms with Crippen LogP contribution in [0.4, 0.5) is 11.4 Å². The van der Waals surface area contributed by atoms with E-state index in [-0.39, 0.29) is 12.3 Å². The van der Waals surface area contributed by atoms with E-state index in [4.69, 9.17) is 5.11 Å². The lowest BCUT2D eigenvalue weighted by Gasteiger charge is -2.39. The molecule has 1 aliphatic carbocycles. The first-order chi connectivity index (χ1) is 8.63. The van der Waals surface area contributed by atoms with Gasteiger partial charge >= 0.3 is 0 Å². The number of aliphatic hydroxyl groups excluding tert-OH is 1. The minimum Gasteiger partial charge on any atom is -0.395 e. The first kappa shape index (κ1) is 13.3. The average Bonchev–Trinajstić information content (AvgIpc) is 2.26. The Balaban J connectivity index is 2.26. The number of non-ortho nitro benzene ring substituents is 1. The molecule has 1 saturated carbocycles. The van der Waals surface area contributed by atoms with Crippen LogP contribution in [0, 0.1) is 10.1 Å². The van der Waals surface area contributed by atoms with Crippen molar-refractivity contribution in [1.82, 2.24) is 0 Å². The van der Waals surface area contributed by atoms with E-state index < -0.39 is 4.92 Å². The number of rotatable bonds is 5. The van der Waals surface area contributed by atoms with Gasteiger partial charge in [0.25, 0.3) is 5.69 Å². The fourth-order valence-corrected chi connectivity index (χ4v) is 2.74. The van der Waals surface area contributed by atoms with Crippen molar-refractivity contribution >= 4 is 27.3 Å². The number of aliphatic hydroxyl groups is 1. The van der Waals surface area contributed by atoms with Crippen LogP contribution in [0.1, 0.15) is 19.3 Å². The molecule has 0 aromatic heterocycles. The van der Waals surface area contributed by atoms with Gasteiger partial charge in [-0.1, -0.05) is 0 Å². The van der Waals surface area contributed by atoms with E-state index in [0.29, 0.717) is 17.1 Å². The van der Waals surface area contributed by atoms with Gasteiger partial charge in [0.05, 0.1) is 17.2 Å². The first-order valence-corrected chi connectivity index (χ1v) is 6.74. The molecule has 0 spiro atoms. The van der Waals surface area contributed by atoms with Gasteiger partial charge in [-0.3, -0.25) is 10.1 Å². The van der Waals surface area contributed by atoms with Crippen molar-refractivity contribution in [2.45, 2.75) is 25.3 Å². The highest BCUT2D eigenvalue weighted by atomic mass is 79.9. The molecule has 0 bridgehead atoms. The maximum absolute atomic E-state index is 10.7. The normalized spacial score (nSPS) is 15.2. The Morgan fingerprint density at radius 2 is 2.22 bits per heavy atom. The van der Waals surface area contributed by atoms with Gasteiger partial charge in [-0.15, -0.1) is 0 Å². The summed E-state index contributed by atoms with van der Waals surface area (Å²) in [5.74, 6) is 0. The van der Waals surface area contributed by atoms with Crippen molar-refractivity contribution in [3.63, 3.8) is 0 Å². The third kappa shape index (κ3) is 2.64. The predicted molar refractivity (Wildman–Crippen MR) is 72.9 cm³/mol. The molecular formula is C12H15BrN2O3. The van der Waals surface area contributed by atoms with E-state index >= 15 is 0 Å². The molecule has 0 atom stereocenters. The lowest BCUT2D eigenvalue weighted by atomic mass is 9.91. The topological polar surface area (TPSA) is 66.6 Å². The number of nitro groups is 1. The van der Waals surface area contributed by atoms with Crippen molar-refractivity contribution in [2.24, 2.45) is 0 Å². The Bertz CT molecular complexity index is 449. The minimum atomic E-state index is -0.408. The summed E-state index contributed by atoms with van der Waals surface area (Å²) in [6.45, 7) is 0.640. The van der Waals surface area contributed by atoms with E-state index in [0.717, 1.165) is 18.5 Å². The third-order valence-corrected chi connectivity index (χ3v) is 3.94. The maximum Gasteiger partial charge on any atom is 0.270 e. The Kier molecular flexibility index (Phi) is 4.19. The molecule has 0 amide bonds. The van der Waals surface area contributed by atoms with E-state index in [1.165, 1.54) is 18.6 Å². The van der Waals surface area contributed by atoms with E-state index in [9.17, 15) is 10.1 Å². The fraction of sp³-hybridized carbons (Fsp3) is 0.500. The van der Waals surface area contributed by atoms with E-state index in [1.54, 1.807) is 6.07 Å². The molecule has 2 rings (SSSR count). The van der Waals surface area contributed by atoms with Crippen LogP contribution in [0.2, 0.25) is 0 Å². The third-order valence-electron chi connectivity index (χ3n) is 3.31. The highest BCUT2D eigenvalue weighted by Gasteiger charge is 2.26. The average molecular weight is 315 g/mol. The Morgan fingerprint density at radius 1 is 1.50 bits per heavy atom. The van der Waals surface area contributed by atoms with Crippen LogP contribution in [0.5, 0.6) is 0 Å². The number of hydrogen-bond acceptors (Lipinski definition) is 4. The van der Waals surface area contributed by atoms with Crippen LogP contribution >= 0.6 is 15.9 Å². The zero-order chi connectivity index (χ0) is 13.1. The lowest BCUT2D eigenvalue weighted by molar-refractivity contribution is -0.384. The Morgan fingerprint density at radius 3 is 2.67 bits per heavy atom. The van der Waals surface area contributed by atoms with Crippen LogP contribution in [-0.4, -0.2) is 29.2 Å². The van der Waals surface area contributed by atoms with Crippen molar-refractivity contribution in [1.29, 1.82) is 0 Å². The molecule has 0 unspecified atom stereocenters. The zero-order valence-corrected chi connectivity index (χ0v) is 11.5. The molecule has 18 heavy (non-hydrogen) atoms. The largest absolute Gasteiger partial charge is 0.395 e. The second kappa shape index (κ2) is 5.67. The Labute approximate surface area is 114 Å². The number of nitrogens with zero attached hydrogens (tertiary/aromatic N) is 2. The molecule has 5 nitrogen and oxygen atoms in total. The van der Waals surface area contributed by atoms with Gasteiger partial charge in [-0.2, -0.15) is 0 Å². The first-order valence-electron chi connectivity index (χ1n) is 5.95. The molecule has 0 heterocycles. The summed E-state index contributed by atoms with van der Waals surface area (Å²) in [7, 11) is 0. The number of nitro benzene ring substituents is 1. The van der Waals surface area contributed by atoms with Gasteiger partial charge in [0.1, 0.15) is 0 Å². The standard InChI is InChI=1S/C12H15BrN2O3/c13-11-8-10(15(17)18)4-5-12(11)14(6-7-16)9-2-1-3-9/h4-5,8-9,16H,1-3,6-7H2. The van der Waals surface area contributed by atoms with Crippen molar-refractivity contribution in [2.75, 3.05) is 18.1 Å². The molecule has 1 fully saturated rings. The summed E-state index contributed by atoms with van der Waals surface area (Å²) in [5, 5.41) is 19.8. The van der Waals surface area contributed by atoms with Gasteiger partial charge < -0.3 is 10.0 Å². The predicted octanol–water partition coefficient (Wildman–Crippen LogP) is 2.71. The molecule has 1 N–H and O–H groups in total. The van der Waals surface area contributed by atoms with Gasteiger partial charge in [0.15, 0.2) is 0 Å². The Hall–Kier alpha value is -1.14. The lowest BCUT2D eigenvalue weighted by Crippen LogP contribution is -2.42. The van der Waals surface area contributed by atoms with Gasteiger partial charge in [0.2, 0.25) is 0 Å². The van der Waals surface area contributed by atoms with Crippen LogP contribution in [-0.2, 0) is 0 Å². The summed E-state index contributed by atoms with van der Waals surface area (Å²) < 4.78 is 0.706. The highest BCUT2D eigenvalue weighted by molar-refractivity contribution is 9.10. The van der Waals surface area contributed by atoms with Crippen molar-refractivity contribution in [3.8, 4) is 0 Å². The molecule has 0 radical (unpaired) electrons. The minimum absolute atomic E-state index is 0.0724. The van der Waals surface area contributed by atoms with E-state index in [1.807, 2.05) is 0 Å². The maximum atomic E-state index is 10.7. The molecule has 0 saturated heterocycles. The molecule has 0 aliphatic heterocycles. The molecule has 1 aliphatic rings. The van der Waals surface area contributed by atoms with Crippen LogP contribution in [0.25, 0.3) is 0 Å². The van der Waals surface area contributed by atoms with Crippen molar-refractivity contribution < 1.29 is 10.0 Å². The number of benzene rings is 1. The van der Waals surface area contributed by atoms with Crippen molar-refractivity contribution in [3.05, 3.63) is 32.8 Å². The summed E-state index contributed by atoms with van der Waals surface area (Å²) in [6, 6.07) is 5.20. The summed E-state index contributed by atoms with van der Waals surface area (Å²) in [4.78, 5) is 12.4. The van der Waals surface area contributed by atoms with Crippen LogP contribution in [0.15, 0.2) is 22.7 Å². The number of anilines is 1. The quantitative estimate of drug-likeness (QED) is 0.670. The summed E-state index contributed by atoms with van der Waals surface area (Å²) in [6.07, 6.45) is 3.43. The fourth-order valence-electron chi connectivity index (χ4n) is 2.15. The highest BCUT2D eigenvalue weighted by Crippen LogP contribution is 2.35. The van der Waals surface area contributed by atoms with E-state index in [2.05, 4.69) is 20.8 Å². The summed E-state index contributed by atoms with van der Waals surface area (Å²) >= 11 is 3.38. The molecule has 6 heteroatoms. The smallest absolute Gasteiger partial charge is 0.270 e. The van der Waals surface area contributed by atoms with Gasteiger partial charge in [-0.25, -0.2) is 0 Å². The van der Waals surface area contributed by atoms with Gasteiger partial charge in [-0.05, 0) is 41.3 Å². The monoisotopic (exact) mass is 314 g/mol. The zero-order valence-electron chi connectivity index (χ0n) is 9.88. The SMILES string of the molecule is O=[N+]([O-])c1ccc(N(CCO)C2CCC2)c(Br)c1. The molecule has 1 aromatic rings. The molecule has 98 valence electrons. The second-order valence-corrected chi connectivity index (χ2v) is 5.25. The van der Waals surface area contributed by atoms with Gasteiger partial charge in [0, 0.05) is 29.2 Å². The molecular weight excluding hydrogens is 300 g/mol. The van der Waals surface area contributed by atoms with Crippen LogP contribution in [0.3, 0.4) is 0 Å².